The van der Waals surface area contributed by atoms with Crippen molar-refractivity contribution in [3.63, 3.8) is 0 Å². The fraction of sp³-hybridized carbons (Fsp3) is 0.655. The van der Waals surface area contributed by atoms with Gasteiger partial charge in [-0.3, -0.25) is 0 Å². The van der Waals surface area contributed by atoms with Gasteiger partial charge >= 0.3 is 27.7 Å². The summed E-state index contributed by atoms with van der Waals surface area (Å²) in [6, 6.07) is 10.8. The van der Waals surface area contributed by atoms with E-state index in [0.717, 1.165) is 13.3 Å². The minimum absolute atomic E-state index is 0.233. The molecule has 0 saturated carbocycles. The first kappa shape index (κ1) is 33.9. The van der Waals surface area contributed by atoms with E-state index in [0.29, 0.717) is 0 Å². The Balaban J connectivity index is 0.000000497. The molecule has 4 nitrogen and oxygen atoms in total. The molecule has 2 aliphatic rings. The standard InChI is InChI=1S/2C11H22N2.C7H7.ClH.Pd/c2*1-10(2,3)12-7-8-13(9-12)11(4,5)6;1-7-5-3-2-4-6-7;;/h2*7-8H,9H2,1-6H3;3-6H,1H3;1H;/q;;-1;;+2/p-1. The normalized spacial score (nSPS) is 15.8. The third-order valence-electron chi connectivity index (χ3n) is 5.79. The third kappa shape index (κ3) is 13.1. The number of aryl methyl sites for hydroxylation is 1. The predicted molar refractivity (Wildman–Crippen MR) is 150 cm³/mol. The van der Waals surface area contributed by atoms with Gasteiger partial charge in [0.1, 0.15) is 0 Å². The van der Waals surface area contributed by atoms with Gasteiger partial charge in [0, 0.05) is 47.0 Å². The zero-order chi connectivity index (χ0) is 27.7. The maximum atomic E-state index is 4.49. The van der Waals surface area contributed by atoms with Crippen molar-refractivity contribution >= 4 is 9.53 Å². The fourth-order valence-electron chi connectivity index (χ4n) is 3.05. The average molecular weight is 598 g/mol. The van der Waals surface area contributed by atoms with E-state index >= 15 is 0 Å². The summed E-state index contributed by atoms with van der Waals surface area (Å²) in [5.41, 5.74) is 2.22. The monoisotopic (exact) mass is 596 g/mol. The number of nitrogens with zero attached hydrogens (tertiary/aromatic N) is 4. The zero-order valence-corrected chi connectivity index (χ0v) is 26.8. The Morgan fingerprint density at radius 3 is 0.914 bits per heavy atom. The van der Waals surface area contributed by atoms with Crippen molar-refractivity contribution in [1.82, 2.24) is 19.6 Å². The van der Waals surface area contributed by atoms with Crippen LogP contribution in [-0.2, 0) is 18.2 Å². The molecule has 3 rings (SSSR count). The predicted octanol–water partition coefficient (Wildman–Crippen LogP) is 7.74. The quantitative estimate of drug-likeness (QED) is 0.224. The Labute approximate surface area is 232 Å². The second-order valence-corrected chi connectivity index (χ2v) is 13.0. The zero-order valence-electron chi connectivity index (χ0n) is 24.5. The van der Waals surface area contributed by atoms with Crippen LogP contribution >= 0.6 is 9.53 Å². The van der Waals surface area contributed by atoms with Crippen molar-refractivity contribution < 1.29 is 18.2 Å². The molecular weight excluding hydrogens is 546 g/mol. The molecule has 0 aromatic heterocycles. The van der Waals surface area contributed by atoms with Gasteiger partial charge in [0.15, 0.2) is 0 Å². The Bertz CT molecular complexity index is 673. The van der Waals surface area contributed by atoms with Crippen LogP contribution in [0.3, 0.4) is 0 Å². The second-order valence-electron chi connectivity index (χ2n) is 13.0. The molecule has 2 heterocycles. The van der Waals surface area contributed by atoms with E-state index in [4.69, 9.17) is 0 Å². The van der Waals surface area contributed by atoms with Crippen LogP contribution in [0.5, 0.6) is 0 Å². The van der Waals surface area contributed by atoms with Gasteiger partial charge < -0.3 is 19.6 Å². The summed E-state index contributed by atoms with van der Waals surface area (Å²) in [6.45, 7) is 31.0. The first-order chi connectivity index (χ1) is 15.8. The molecule has 0 unspecified atom stereocenters. The summed E-state index contributed by atoms with van der Waals surface area (Å²) >= 11 is 2.22. The van der Waals surface area contributed by atoms with Crippen LogP contribution in [0.1, 0.15) is 88.6 Å². The van der Waals surface area contributed by atoms with Crippen molar-refractivity contribution in [2.45, 2.75) is 112 Å². The fourth-order valence-corrected chi connectivity index (χ4v) is 3.05. The van der Waals surface area contributed by atoms with E-state index < -0.39 is 0 Å². The van der Waals surface area contributed by atoms with E-state index in [9.17, 15) is 0 Å². The van der Waals surface area contributed by atoms with E-state index in [1.54, 1.807) is 0 Å². The molecular formula is C29H51ClN4Pd. The number of benzene rings is 1. The summed E-state index contributed by atoms with van der Waals surface area (Å²) in [5, 5.41) is 0. The van der Waals surface area contributed by atoms with E-state index in [-0.39, 0.29) is 22.2 Å². The molecule has 0 N–H and O–H groups in total. The van der Waals surface area contributed by atoms with Crippen molar-refractivity contribution in [2.75, 3.05) is 13.3 Å². The number of hydrogen-bond donors (Lipinski definition) is 0. The summed E-state index contributed by atoms with van der Waals surface area (Å²) in [7, 11) is 4.49. The van der Waals surface area contributed by atoms with Gasteiger partial charge in [0.05, 0.1) is 13.3 Å². The Morgan fingerprint density at radius 2 is 0.800 bits per heavy atom. The number of rotatable bonds is 0. The van der Waals surface area contributed by atoms with Gasteiger partial charge in [-0.15, -0.1) is 0 Å². The SMILES string of the molecule is CC(C)(C)N1C=CN(C(C)(C)C)C1.CC(C)(C)N1C=CN(C(C)(C)C)C1.Cc1cc[c-]cc1.[Cl][Pd+]. The van der Waals surface area contributed by atoms with Crippen LogP contribution in [0, 0.1) is 13.0 Å². The molecule has 1 aromatic rings. The molecule has 0 atom stereocenters. The summed E-state index contributed by atoms with van der Waals surface area (Å²) in [5.74, 6) is 0. The Morgan fingerprint density at radius 1 is 0.571 bits per heavy atom. The van der Waals surface area contributed by atoms with E-state index in [1.807, 2.05) is 24.3 Å². The van der Waals surface area contributed by atoms with Crippen molar-refractivity contribution in [1.29, 1.82) is 0 Å². The van der Waals surface area contributed by atoms with Crippen molar-refractivity contribution in [2.24, 2.45) is 0 Å². The van der Waals surface area contributed by atoms with Crippen molar-refractivity contribution in [3.05, 3.63) is 60.7 Å². The topological polar surface area (TPSA) is 13.0 Å². The second kappa shape index (κ2) is 14.0. The summed E-state index contributed by atoms with van der Waals surface area (Å²) < 4.78 is 0. The molecule has 0 spiro atoms. The van der Waals surface area contributed by atoms with Crippen LogP contribution in [-0.4, -0.2) is 55.1 Å². The molecule has 2 aliphatic heterocycles. The number of halogens is 1. The van der Waals surface area contributed by atoms with Crippen LogP contribution in [0.4, 0.5) is 0 Å². The van der Waals surface area contributed by atoms with Crippen LogP contribution in [0.15, 0.2) is 49.1 Å². The summed E-state index contributed by atoms with van der Waals surface area (Å²) in [4.78, 5) is 9.44. The number of hydrogen-bond acceptors (Lipinski definition) is 4. The van der Waals surface area contributed by atoms with Crippen LogP contribution < -0.4 is 0 Å². The van der Waals surface area contributed by atoms with E-state index in [2.05, 4.69) is 168 Å². The molecule has 0 aliphatic carbocycles. The van der Waals surface area contributed by atoms with Gasteiger partial charge in [0.25, 0.3) is 0 Å². The Hall–Kier alpha value is -1.15. The van der Waals surface area contributed by atoms with E-state index in [1.165, 1.54) is 5.56 Å². The van der Waals surface area contributed by atoms with Crippen LogP contribution in [0.25, 0.3) is 0 Å². The van der Waals surface area contributed by atoms with Gasteiger partial charge in [-0.25, -0.2) is 0 Å². The molecule has 1 aromatic carbocycles. The van der Waals surface area contributed by atoms with Gasteiger partial charge in [0.2, 0.25) is 0 Å². The molecule has 6 heteroatoms. The maximum absolute atomic E-state index is 4.49. The summed E-state index contributed by atoms with van der Waals surface area (Å²) in [6.07, 6.45) is 8.74. The molecule has 0 bridgehead atoms. The molecule has 35 heavy (non-hydrogen) atoms. The van der Waals surface area contributed by atoms with Crippen molar-refractivity contribution in [3.8, 4) is 0 Å². The minimum atomic E-state index is 0.233. The molecule has 0 saturated heterocycles. The third-order valence-corrected chi connectivity index (χ3v) is 5.79. The first-order valence-corrected chi connectivity index (χ1v) is 14.3. The first-order valence-electron chi connectivity index (χ1n) is 12.3. The Kier molecular flexibility index (Phi) is 13.5. The van der Waals surface area contributed by atoms with Gasteiger partial charge in [-0.05, 0) is 83.1 Å². The average Bonchev–Trinajstić information content (AvgIpc) is 3.40. The molecule has 0 fully saturated rings. The molecule has 0 amide bonds. The molecule has 0 radical (unpaired) electrons. The van der Waals surface area contributed by atoms with Gasteiger partial charge in [-0.1, -0.05) is 6.92 Å². The van der Waals surface area contributed by atoms with Gasteiger partial charge in [-0.2, -0.15) is 35.9 Å². The molecule has 204 valence electrons. The van der Waals surface area contributed by atoms with Crippen LogP contribution in [0.2, 0.25) is 0 Å².